The summed E-state index contributed by atoms with van der Waals surface area (Å²) in [6.45, 7) is 0. The summed E-state index contributed by atoms with van der Waals surface area (Å²) in [6, 6.07) is 0. The predicted molar refractivity (Wildman–Crippen MR) is 71.3 cm³/mol. The molecule has 0 heteroatoms. The lowest BCUT2D eigenvalue weighted by atomic mass is 9.85. The van der Waals surface area contributed by atoms with Crippen LogP contribution in [-0.4, -0.2) is 0 Å². The van der Waals surface area contributed by atoms with Crippen LogP contribution in [0.15, 0.2) is 0 Å². The SMILES string of the molecule is [CH](CCC1CCCCC1)CCC1CCCC1. The van der Waals surface area contributed by atoms with Gasteiger partial charge in [0.25, 0.3) is 0 Å². The van der Waals surface area contributed by atoms with Crippen LogP contribution in [0.3, 0.4) is 0 Å². The van der Waals surface area contributed by atoms with Crippen molar-refractivity contribution in [2.75, 3.05) is 0 Å². The molecule has 16 heavy (non-hydrogen) atoms. The van der Waals surface area contributed by atoms with Gasteiger partial charge < -0.3 is 0 Å². The van der Waals surface area contributed by atoms with E-state index >= 15 is 0 Å². The van der Waals surface area contributed by atoms with Crippen molar-refractivity contribution in [3.05, 3.63) is 6.42 Å². The molecule has 0 atom stereocenters. The third kappa shape index (κ3) is 4.47. The van der Waals surface area contributed by atoms with Crippen LogP contribution in [0.5, 0.6) is 0 Å². The van der Waals surface area contributed by atoms with Crippen molar-refractivity contribution in [3.63, 3.8) is 0 Å². The monoisotopic (exact) mass is 221 g/mol. The molecule has 2 rings (SSSR count). The van der Waals surface area contributed by atoms with Crippen LogP contribution < -0.4 is 0 Å². The molecule has 0 nitrogen and oxygen atoms in total. The van der Waals surface area contributed by atoms with Gasteiger partial charge in [0.2, 0.25) is 0 Å². The highest BCUT2D eigenvalue weighted by Gasteiger charge is 2.15. The number of rotatable bonds is 6. The first-order chi connectivity index (χ1) is 7.95. The average Bonchev–Trinajstić information content (AvgIpc) is 2.83. The van der Waals surface area contributed by atoms with E-state index in [0.29, 0.717) is 0 Å². The first kappa shape index (κ1) is 12.5. The van der Waals surface area contributed by atoms with Crippen LogP contribution in [0, 0.1) is 18.3 Å². The van der Waals surface area contributed by atoms with E-state index in [-0.39, 0.29) is 0 Å². The van der Waals surface area contributed by atoms with E-state index in [1.54, 1.807) is 0 Å². The van der Waals surface area contributed by atoms with E-state index in [9.17, 15) is 0 Å². The predicted octanol–water partition coefficient (Wildman–Crippen LogP) is 5.52. The zero-order valence-corrected chi connectivity index (χ0v) is 10.9. The number of hydrogen-bond donors (Lipinski definition) is 0. The molecule has 1 radical (unpaired) electrons. The topological polar surface area (TPSA) is 0 Å². The minimum absolute atomic E-state index is 1.08. The molecular formula is C16H29. The van der Waals surface area contributed by atoms with Crippen LogP contribution in [0.1, 0.15) is 83.5 Å². The van der Waals surface area contributed by atoms with Gasteiger partial charge in [-0.25, -0.2) is 0 Å². The Labute approximate surface area is 102 Å². The van der Waals surface area contributed by atoms with E-state index in [1.807, 2.05) is 0 Å². The molecule has 2 aliphatic rings. The fraction of sp³-hybridized carbons (Fsp3) is 0.938. The van der Waals surface area contributed by atoms with E-state index in [0.717, 1.165) is 11.8 Å². The first-order valence-corrected chi connectivity index (χ1v) is 7.77. The minimum Gasteiger partial charge on any atom is -0.0533 e. The van der Waals surface area contributed by atoms with E-state index in [1.165, 1.54) is 83.5 Å². The summed E-state index contributed by atoms with van der Waals surface area (Å²) in [6.07, 6.45) is 22.0. The van der Waals surface area contributed by atoms with E-state index in [4.69, 9.17) is 0 Å². The Bertz CT molecular complexity index is 161. The molecule has 2 saturated carbocycles. The third-order valence-corrected chi connectivity index (χ3v) is 4.76. The fourth-order valence-electron chi connectivity index (χ4n) is 3.63. The lowest BCUT2D eigenvalue weighted by Gasteiger charge is -2.21. The van der Waals surface area contributed by atoms with Crippen LogP contribution in [0.25, 0.3) is 0 Å². The van der Waals surface area contributed by atoms with Gasteiger partial charge in [0.1, 0.15) is 0 Å². The molecule has 0 unspecified atom stereocenters. The van der Waals surface area contributed by atoms with Crippen molar-refractivity contribution >= 4 is 0 Å². The van der Waals surface area contributed by atoms with Gasteiger partial charge in [0.05, 0.1) is 0 Å². The van der Waals surface area contributed by atoms with Crippen LogP contribution >= 0.6 is 0 Å². The molecule has 0 bridgehead atoms. The Hall–Kier alpha value is 0. The standard InChI is InChI=1S/C16H29/c1-3-9-15(10-4-1)11-5-2-6-12-16-13-7-8-14-16/h2,15-16H,1,3-14H2. The highest BCUT2D eigenvalue weighted by Crippen LogP contribution is 2.30. The molecule has 2 aliphatic carbocycles. The van der Waals surface area contributed by atoms with Crippen molar-refractivity contribution in [1.29, 1.82) is 0 Å². The van der Waals surface area contributed by atoms with Gasteiger partial charge >= 0.3 is 0 Å². The molecule has 0 aliphatic heterocycles. The first-order valence-electron chi connectivity index (χ1n) is 7.77. The Balaban J connectivity index is 1.42. The maximum Gasteiger partial charge on any atom is -0.0386 e. The second-order valence-electron chi connectivity index (χ2n) is 6.10. The molecule has 2 fully saturated rings. The Morgan fingerprint density at radius 2 is 1.06 bits per heavy atom. The highest BCUT2D eigenvalue weighted by molar-refractivity contribution is 4.74. The quantitative estimate of drug-likeness (QED) is 0.518. The summed E-state index contributed by atoms with van der Waals surface area (Å²) in [5, 5.41) is 0. The zero-order chi connectivity index (χ0) is 11.1. The van der Waals surface area contributed by atoms with Gasteiger partial charge in [-0.05, 0) is 31.1 Å². The van der Waals surface area contributed by atoms with Gasteiger partial charge in [0, 0.05) is 0 Å². The van der Waals surface area contributed by atoms with Gasteiger partial charge in [-0.15, -0.1) is 0 Å². The Kier molecular flexibility index (Phi) is 5.72. The molecular weight excluding hydrogens is 192 g/mol. The average molecular weight is 221 g/mol. The fourth-order valence-corrected chi connectivity index (χ4v) is 3.63. The lowest BCUT2D eigenvalue weighted by Crippen LogP contribution is -2.06. The molecule has 0 heterocycles. The van der Waals surface area contributed by atoms with Crippen molar-refractivity contribution in [1.82, 2.24) is 0 Å². The van der Waals surface area contributed by atoms with Gasteiger partial charge in [0.15, 0.2) is 0 Å². The second kappa shape index (κ2) is 7.35. The highest BCUT2D eigenvalue weighted by atomic mass is 14.2. The minimum atomic E-state index is 1.08. The lowest BCUT2D eigenvalue weighted by molar-refractivity contribution is 0.336. The van der Waals surface area contributed by atoms with E-state index in [2.05, 4.69) is 6.42 Å². The maximum absolute atomic E-state index is 2.59. The Morgan fingerprint density at radius 1 is 0.625 bits per heavy atom. The van der Waals surface area contributed by atoms with Crippen LogP contribution in [0.4, 0.5) is 0 Å². The van der Waals surface area contributed by atoms with Crippen molar-refractivity contribution in [3.8, 4) is 0 Å². The molecule has 0 amide bonds. The van der Waals surface area contributed by atoms with Gasteiger partial charge in [-0.3, -0.25) is 0 Å². The molecule has 0 aromatic heterocycles. The Morgan fingerprint density at radius 3 is 1.56 bits per heavy atom. The number of hydrogen-bond acceptors (Lipinski definition) is 0. The van der Waals surface area contributed by atoms with Crippen LogP contribution in [-0.2, 0) is 0 Å². The molecule has 0 N–H and O–H groups in total. The van der Waals surface area contributed by atoms with Gasteiger partial charge in [-0.2, -0.15) is 0 Å². The third-order valence-electron chi connectivity index (χ3n) is 4.76. The molecule has 0 aromatic rings. The number of unbranched alkanes of at least 4 members (excludes halogenated alkanes) is 2. The molecule has 0 aromatic carbocycles. The van der Waals surface area contributed by atoms with E-state index < -0.39 is 0 Å². The van der Waals surface area contributed by atoms with Crippen molar-refractivity contribution < 1.29 is 0 Å². The normalized spacial score (nSPS) is 24.0. The molecule has 0 saturated heterocycles. The summed E-state index contributed by atoms with van der Waals surface area (Å²) in [7, 11) is 0. The summed E-state index contributed by atoms with van der Waals surface area (Å²) in [5.41, 5.74) is 0. The zero-order valence-electron chi connectivity index (χ0n) is 10.9. The maximum atomic E-state index is 2.59. The van der Waals surface area contributed by atoms with Crippen LogP contribution in [0.2, 0.25) is 0 Å². The largest absolute Gasteiger partial charge is 0.0533 e. The summed E-state index contributed by atoms with van der Waals surface area (Å²) >= 11 is 0. The summed E-state index contributed by atoms with van der Waals surface area (Å²) < 4.78 is 0. The molecule has 93 valence electrons. The second-order valence-corrected chi connectivity index (χ2v) is 6.10. The van der Waals surface area contributed by atoms with Gasteiger partial charge in [-0.1, -0.05) is 70.6 Å². The summed E-state index contributed by atoms with van der Waals surface area (Å²) in [5.74, 6) is 2.17. The van der Waals surface area contributed by atoms with Crippen molar-refractivity contribution in [2.24, 2.45) is 11.8 Å². The summed E-state index contributed by atoms with van der Waals surface area (Å²) in [4.78, 5) is 0. The van der Waals surface area contributed by atoms with Crippen molar-refractivity contribution in [2.45, 2.75) is 83.5 Å². The smallest absolute Gasteiger partial charge is 0.0386 e. The molecule has 0 spiro atoms.